The highest BCUT2D eigenvalue weighted by Crippen LogP contribution is 2.26. The van der Waals surface area contributed by atoms with Gasteiger partial charge in [0.05, 0.1) is 11.4 Å². The molecule has 4 N–H and O–H groups in total. The highest BCUT2D eigenvalue weighted by Gasteiger charge is 2.20. The molecule has 12 heteroatoms. The number of primary amides is 1. The van der Waals surface area contributed by atoms with Gasteiger partial charge >= 0.3 is 6.03 Å². The lowest BCUT2D eigenvalue weighted by Crippen LogP contribution is -2.32. The second-order valence-corrected chi connectivity index (χ2v) is 7.70. The number of hydrogen-bond acceptors (Lipinski definition) is 6. The van der Waals surface area contributed by atoms with Crippen LogP contribution in [0.2, 0.25) is 0 Å². The molecule has 1 heterocycles. The summed E-state index contributed by atoms with van der Waals surface area (Å²) < 4.78 is 38.3. The zero-order valence-corrected chi connectivity index (χ0v) is 15.8. The number of benzene rings is 1. The van der Waals surface area contributed by atoms with Gasteiger partial charge < -0.3 is 11.1 Å². The quantitative estimate of drug-likeness (QED) is 0.561. The van der Waals surface area contributed by atoms with Gasteiger partial charge in [0, 0.05) is 19.5 Å². The monoisotopic (exact) mass is 416 g/mol. The summed E-state index contributed by atoms with van der Waals surface area (Å²) in [6.45, 7) is 0. The van der Waals surface area contributed by atoms with Crippen LogP contribution in [-0.2, 0) is 16.4 Å². The number of alkyl halides is 1. The first-order valence-corrected chi connectivity index (χ1v) is 9.71. The molecular weight excluding hydrogens is 399 g/mol. The first-order valence-electron chi connectivity index (χ1n) is 7.68. The predicted octanol–water partition coefficient (Wildman–Crippen LogP) is 1.69. The van der Waals surface area contributed by atoms with Crippen molar-refractivity contribution in [3.05, 3.63) is 42.2 Å². The number of nitrogens with zero attached hydrogens (tertiary/aromatic N) is 3. The number of rotatable bonds is 8. The van der Waals surface area contributed by atoms with E-state index in [4.69, 9.17) is 17.5 Å². The number of anilines is 3. The van der Waals surface area contributed by atoms with Gasteiger partial charge in [-0.25, -0.2) is 32.5 Å². The number of urea groups is 1. The lowest BCUT2D eigenvalue weighted by atomic mass is 10.1. The van der Waals surface area contributed by atoms with E-state index in [1.807, 2.05) is 0 Å². The van der Waals surface area contributed by atoms with Gasteiger partial charge in [-0.1, -0.05) is 12.1 Å². The number of halogens is 2. The summed E-state index contributed by atoms with van der Waals surface area (Å²) in [6, 6.07) is 7.06. The first kappa shape index (κ1) is 20.8. The SMILES string of the molecule is CNc1cc(N(C(N)=O)c2cccc(CC(F)CS(=O)(=O)NCl)c2)ncn1. The first-order chi connectivity index (χ1) is 12.8. The Morgan fingerprint density at radius 2 is 2.11 bits per heavy atom. The molecule has 2 rings (SSSR count). The van der Waals surface area contributed by atoms with Crippen molar-refractivity contribution in [3.63, 3.8) is 0 Å². The van der Waals surface area contributed by atoms with Crippen molar-refractivity contribution >= 4 is 45.2 Å². The summed E-state index contributed by atoms with van der Waals surface area (Å²) in [7, 11) is -2.24. The van der Waals surface area contributed by atoms with Gasteiger partial charge in [0.25, 0.3) is 0 Å². The van der Waals surface area contributed by atoms with E-state index in [-0.39, 0.29) is 12.2 Å². The average molecular weight is 417 g/mol. The van der Waals surface area contributed by atoms with Gasteiger partial charge in [-0.05, 0) is 29.5 Å². The van der Waals surface area contributed by atoms with Crippen LogP contribution in [0.25, 0.3) is 0 Å². The summed E-state index contributed by atoms with van der Waals surface area (Å²) in [5.74, 6) is -0.0766. The van der Waals surface area contributed by atoms with Crippen molar-refractivity contribution in [3.8, 4) is 0 Å². The number of carbonyl (C=O) groups excluding carboxylic acids is 1. The maximum absolute atomic E-state index is 14.1. The van der Waals surface area contributed by atoms with Crippen LogP contribution in [0.4, 0.5) is 26.5 Å². The number of carbonyl (C=O) groups is 1. The van der Waals surface area contributed by atoms with E-state index in [0.29, 0.717) is 17.1 Å². The van der Waals surface area contributed by atoms with Crippen LogP contribution in [0.15, 0.2) is 36.7 Å². The average Bonchev–Trinajstić information content (AvgIpc) is 2.61. The highest BCUT2D eigenvalue weighted by molar-refractivity contribution is 7.90. The van der Waals surface area contributed by atoms with E-state index in [1.54, 1.807) is 29.5 Å². The largest absolute Gasteiger partial charge is 0.373 e. The second kappa shape index (κ2) is 8.93. The summed E-state index contributed by atoms with van der Waals surface area (Å²) in [5.41, 5.74) is 6.30. The molecule has 2 amide bonds. The summed E-state index contributed by atoms with van der Waals surface area (Å²) in [6.07, 6.45) is -0.611. The molecule has 0 spiro atoms. The van der Waals surface area contributed by atoms with Crippen LogP contribution in [0.5, 0.6) is 0 Å². The van der Waals surface area contributed by atoms with Gasteiger partial charge in [0.1, 0.15) is 24.1 Å². The molecule has 0 aliphatic rings. The lowest BCUT2D eigenvalue weighted by molar-refractivity contribution is 0.256. The maximum atomic E-state index is 14.1. The topological polar surface area (TPSA) is 130 Å². The van der Waals surface area contributed by atoms with Crippen LogP contribution in [0.1, 0.15) is 5.56 Å². The van der Waals surface area contributed by atoms with Gasteiger partial charge in [-0.15, -0.1) is 4.24 Å². The minimum Gasteiger partial charge on any atom is -0.373 e. The summed E-state index contributed by atoms with van der Waals surface area (Å²) >= 11 is 5.05. The zero-order chi connectivity index (χ0) is 20.0. The van der Waals surface area contributed by atoms with E-state index in [0.717, 1.165) is 4.90 Å². The third-order valence-corrected chi connectivity index (χ3v) is 5.24. The van der Waals surface area contributed by atoms with E-state index in [2.05, 4.69) is 15.3 Å². The van der Waals surface area contributed by atoms with Crippen LogP contribution < -0.4 is 20.2 Å². The molecule has 1 aromatic carbocycles. The van der Waals surface area contributed by atoms with Gasteiger partial charge in [-0.2, -0.15) is 0 Å². The van der Waals surface area contributed by atoms with Crippen molar-refractivity contribution in [2.45, 2.75) is 12.6 Å². The Morgan fingerprint density at radius 1 is 1.37 bits per heavy atom. The fraction of sp³-hybridized carbons (Fsp3) is 0.267. The molecular formula is C15H18ClFN6O3S. The number of sulfonamides is 1. The van der Waals surface area contributed by atoms with Gasteiger partial charge in [0.2, 0.25) is 10.0 Å². The smallest absolute Gasteiger partial charge is 0.325 e. The third-order valence-electron chi connectivity index (χ3n) is 3.50. The third kappa shape index (κ3) is 5.74. The Kier molecular flexibility index (Phi) is 6.88. The number of nitrogens with two attached hydrogens (primary N) is 1. The van der Waals surface area contributed by atoms with Crippen molar-refractivity contribution in [1.82, 2.24) is 14.2 Å². The fourth-order valence-electron chi connectivity index (χ4n) is 2.39. The molecule has 1 atom stereocenters. The van der Waals surface area contributed by atoms with Crippen LogP contribution >= 0.6 is 11.8 Å². The van der Waals surface area contributed by atoms with Gasteiger partial charge in [0.15, 0.2) is 0 Å². The molecule has 1 aromatic heterocycles. The minimum absolute atomic E-state index is 0.191. The molecule has 0 saturated heterocycles. The fourth-order valence-corrected chi connectivity index (χ4v) is 3.23. The molecule has 2 aromatic rings. The van der Waals surface area contributed by atoms with E-state index >= 15 is 0 Å². The number of amides is 2. The minimum atomic E-state index is -3.90. The molecule has 1 unspecified atom stereocenters. The maximum Gasteiger partial charge on any atom is 0.325 e. The highest BCUT2D eigenvalue weighted by atomic mass is 35.5. The van der Waals surface area contributed by atoms with Gasteiger partial charge in [-0.3, -0.25) is 0 Å². The van der Waals surface area contributed by atoms with E-state index in [1.165, 1.54) is 18.5 Å². The Balaban J connectivity index is 2.29. The molecule has 0 aliphatic carbocycles. The molecule has 0 aliphatic heterocycles. The Bertz CT molecular complexity index is 914. The van der Waals surface area contributed by atoms with Crippen LogP contribution in [-0.4, -0.2) is 43.4 Å². The second-order valence-electron chi connectivity index (χ2n) is 5.51. The molecule has 27 heavy (non-hydrogen) atoms. The van der Waals surface area contributed by atoms with Crippen molar-refractivity contribution < 1.29 is 17.6 Å². The zero-order valence-electron chi connectivity index (χ0n) is 14.3. The predicted molar refractivity (Wildman–Crippen MR) is 101 cm³/mol. The molecule has 9 nitrogen and oxygen atoms in total. The molecule has 0 fully saturated rings. The number of hydrogen-bond donors (Lipinski definition) is 3. The normalized spacial score (nSPS) is 12.4. The van der Waals surface area contributed by atoms with E-state index in [9.17, 15) is 17.6 Å². The van der Waals surface area contributed by atoms with Crippen LogP contribution in [0.3, 0.4) is 0 Å². The van der Waals surface area contributed by atoms with Crippen molar-refractivity contribution in [1.29, 1.82) is 0 Å². The van der Waals surface area contributed by atoms with E-state index < -0.39 is 28.0 Å². The molecule has 0 radical (unpaired) electrons. The summed E-state index contributed by atoms with van der Waals surface area (Å²) in [5, 5.41) is 2.82. The Hall–Kier alpha value is -2.50. The molecule has 146 valence electrons. The lowest BCUT2D eigenvalue weighted by Gasteiger charge is -2.20. The van der Waals surface area contributed by atoms with Crippen molar-refractivity contribution in [2.75, 3.05) is 23.0 Å². The molecule has 0 saturated carbocycles. The standard InChI is InChI=1S/C15H18ClFN6O3S/c1-19-13-7-14(21-9-20-13)23(15(18)24)12-4-2-3-10(6-12)5-11(17)8-27(25,26)22-16/h2-4,6-7,9,11,22H,5,8H2,1H3,(H2,18,24)(H,19,20,21). The Morgan fingerprint density at radius 3 is 2.74 bits per heavy atom. The number of aromatic nitrogens is 2. The van der Waals surface area contributed by atoms with Crippen LogP contribution in [0, 0.1) is 0 Å². The summed E-state index contributed by atoms with van der Waals surface area (Å²) in [4.78, 5) is 21.1. The Labute approximate surface area is 160 Å². The molecule has 0 bridgehead atoms. The number of nitrogens with one attached hydrogen (secondary N) is 2. The van der Waals surface area contributed by atoms with Crippen molar-refractivity contribution in [2.24, 2.45) is 5.73 Å².